The predicted molar refractivity (Wildman–Crippen MR) is 49.5 cm³/mol. The fraction of sp³-hybridized carbons (Fsp3) is 0.778. The molecule has 12 heavy (non-hydrogen) atoms. The van der Waals surface area contributed by atoms with E-state index in [-0.39, 0.29) is 0 Å². The summed E-state index contributed by atoms with van der Waals surface area (Å²) in [4.78, 5) is 0. The zero-order valence-electron chi connectivity index (χ0n) is 8.13. The van der Waals surface area contributed by atoms with Crippen LogP contribution in [0.15, 0.2) is 11.8 Å². The van der Waals surface area contributed by atoms with Gasteiger partial charge >= 0.3 is 0 Å². The maximum absolute atomic E-state index is 4.99. The van der Waals surface area contributed by atoms with Gasteiger partial charge in [0.15, 0.2) is 0 Å². The van der Waals surface area contributed by atoms with Crippen LogP contribution in [0.1, 0.15) is 13.8 Å². The zero-order chi connectivity index (χ0) is 8.97. The summed E-state index contributed by atoms with van der Waals surface area (Å²) < 4.78 is 4.99. The van der Waals surface area contributed by atoms with E-state index in [0.29, 0.717) is 5.92 Å². The lowest BCUT2D eigenvalue weighted by molar-refractivity contribution is 0.155. The monoisotopic (exact) mass is 170 g/mol. The average molecular weight is 170 g/mol. The second-order valence-electron chi connectivity index (χ2n) is 3.38. The maximum Gasteiger partial charge on any atom is 0.0653 e. The average Bonchev–Trinajstić information content (AvgIpc) is 2.48. The van der Waals surface area contributed by atoms with Gasteiger partial charge in [-0.1, -0.05) is 13.8 Å². The number of hydrogen-bond acceptors (Lipinski definition) is 3. The van der Waals surface area contributed by atoms with Crippen LogP contribution in [0.25, 0.3) is 0 Å². The second-order valence-corrected chi connectivity index (χ2v) is 3.38. The van der Waals surface area contributed by atoms with Crippen molar-refractivity contribution >= 4 is 0 Å². The van der Waals surface area contributed by atoms with Crippen LogP contribution >= 0.6 is 0 Å². The van der Waals surface area contributed by atoms with Gasteiger partial charge in [0.2, 0.25) is 0 Å². The highest BCUT2D eigenvalue weighted by Crippen LogP contribution is 2.13. The number of hydrogen-bond donors (Lipinski definition) is 1. The molecule has 0 aromatic carbocycles. The molecule has 1 aliphatic rings. The Bertz CT molecular complexity index is 166. The van der Waals surface area contributed by atoms with Gasteiger partial charge in [0.25, 0.3) is 0 Å². The van der Waals surface area contributed by atoms with Gasteiger partial charge in [0.1, 0.15) is 0 Å². The normalized spacial score (nSPS) is 17.3. The summed E-state index contributed by atoms with van der Waals surface area (Å²) in [5, 5.41) is 2.10. The van der Waals surface area contributed by atoms with E-state index in [1.165, 1.54) is 5.57 Å². The largest absolute Gasteiger partial charge is 0.383 e. The van der Waals surface area contributed by atoms with Gasteiger partial charge in [-0.25, -0.2) is 5.43 Å². The standard InChI is InChI=1S/C9H18N2O/c1-8(2)9-6-10-11(7-9)4-5-12-3/h7-8,10H,4-6H2,1-3H3. The van der Waals surface area contributed by atoms with Crippen molar-refractivity contribution in [3.63, 3.8) is 0 Å². The number of nitrogens with one attached hydrogen (secondary N) is 1. The molecular formula is C9H18N2O. The minimum Gasteiger partial charge on any atom is -0.383 e. The van der Waals surface area contributed by atoms with E-state index in [0.717, 1.165) is 19.7 Å². The van der Waals surface area contributed by atoms with E-state index < -0.39 is 0 Å². The van der Waals surface area contributed by atoms with Crippen molar-refractivity contribution in [1.29, 1.82) is 0 Å². The molecule has 70 valence electrons. The fourth-order valence-electron chi connectivity index (χ4n) is 1.17. The van der Waals surface area contributed by atoms with Crippen LogP contribution < -0.4 is 5.43 Å². The zero-order valence-corrected chi connectivity index (χ0v) is 8.13. The highest BCUT2D eigenvalue weighted by Gasteiger charge is 2.12. The molecule has 0 aliphatic carbocycles. The first-order chi connectivity index (χ1) is 5.74. The molecule has 0 amide bonds. The predicted octanol–water partition coefficient (Wildman–Crippen LogP) is 0.993. The van der Waals surface area contributed by atoms with Crippen molar-refractivity contribution < 1.29 is 4.74 Å². The summed E-state index contributed by atoms with van der Waals surface area (Å²) >= 11 is 0. The molecule has 0 radical (unpaired) electrons. The molecule has 0 saturated heterocycles. The van der Waals surface area contributed by atoms with Crippen LogP contribution in [0, 0.1) is 5.92 Å². The molecule has 0 atom stereocenters. The molecule has 1 N–H and O–H groups in total. The third kappa shape index (κ3) is 2.50. The van der Waals surface area contributed by atoms with E-state index in [1.54, 1.807) is 7.11 Å². The Labute approximate surface area is 74.4 Å². The summed E-state index contributed by atoms with van der Waals surface area (Å²) in [7, 11) is 1.73. The number of rotatable bonds is 4. The highest BCUT2D eigenvalue weighted by molar-refractivity contribution is 5.09. The van der Waals surface area contributed by atoms with Crippen LogP contribution in [0.2, 0.25) is 0 Å². The Morgan fingerprint density at radius 2 is 2.42 bits per heavy atom. The van der Waals surface area contributed by atoms with Crippen LogP contribution in [0.5, 0.6) is 0 Å². The van der Waals surface area contributed by atoms with Gasteiger partial charge in [-0.15, -0.1) is 0 Å². The molecular weight excluding hydrogens is 152 g/mol. The van der Waals surface area contributed by atoms with Gasteiger partial charge in [-0.2, -0.15) is 0 Å². The maximum atomic E-state index is 4.99. The summed E-state index contributed by atoms with van der Waals surface area (Å²) in [6, 6.07) is 0. The summed E-state index contributed by atoms with van der Waals surface area (Å²) in [6.45, 7) is 7.11. The van der Waals surface area contributed by atoms with E-state index in [9.17, 15) is 0 Å². The molecule has 0 saturated carbocycles. The van der Waals surface area contributed by atoms with Crippen molar-refractivity contribution in [2.45, 2.75) is 13.8 Å². The molecule has 1 rings (SSSR count). The third-order valence-electron chi connectivity index (χ3n) is 2.09. The van der Waals surface area contributed by atoms with Gasteiger partial charge in [-0.05, 0) is 11.5 Å². The Morgan fingerprint density at radius 3 is 2.92 bits per heavy atom. The summed E-state index contributed by atoms with van der Waals surface area (Å²) in [6.07, 6.45) is 2.18. The van der Waals surface area contributed by atoms with E-state index in [4.69, 9.17) is 4.74 Å². The Morgan fingerprint density at radius 1 is 1.67 bits per heavy atom. The van der Waals surface area contributed by atoms with Gasteiger partial charge in [0, 0.05) is 19.9 Å². The first-order valence-electron chi connectivity index (χ1n) is 4.43. The number of nitrogens with zero attached hydrogens (tertiary/aromatic N) is 1. The molecule has 1 aliphatic heterocycles. The van der Waals surface area contributed by atoms with Crippen molar-refractivity contribution in [2.75, 3.05) is 26.8 Å². The Balaban J connectivity index is 2.31. The van der Waals surface area contributed by atoms with Crippen LogP contribution in [-0.2, 0) is 4.74 Å². The minimum absolute atomic E-state index is 0.644. The quantitative estimate of drug-likeness (QED) is 0.681. The number of methoxy groups -OCH3 is 1. The lowest BCUT2D eigenvalue weighted by Crippen LogP contribution is -2.31. The molecule has 0 fully saturated rings. The third-order valence-corrected chi connectivity index (χ3v) is 2.09. The smallest absolute Gasteiger partial charge is 0.0653 e. The van der Waals surface area contributed by atoms with Crippen LogP contribution in [-0.4, -0.2) is 31.8 Å². The first kappa shape index (κ1) is 9.55. The second kappa shape index (κ2) is 4.48. The lowest BCUT2D eigenvalue weighted by Gasteiger charge is -2.14. The van der Waals surface area contributed by atoms with Gasteiger partial charge < -0.3 is 9.75 Å². The van der Waals surface area contributed by atoms with Crippen molar-refractivity contribution in [3.8, 4) is 0 Å². The number of ether oxygens (including phenoxy) is 1. The lowest BCUT2D eigenvalue weighted by atomic mass is 10.1. The summed E-state index contributed by atoms with van der Waals surface area (Å²) in [5.74, 6) is 0.644. The molecule has 3 nitrogen and oxygen atoms in total. The number of hydrazine groups is 1. The molecule has 0 aromatic heterocycles. The first-order valence-corrected chi connectivity index (χ1v) is 4.43. The van der Waals surface area contributed by atoms with E-state index in [1.807, 2.05) is 0 Å². The van der Waals surface area contributed by atoms with Crippen molar-refractivity contribution in [2.24, 2.45) is 5.92 Å². The SMILES string of the molecule is COCCN1C=C(C(C)C)CN1. The Kier molecular flexibility index (Phi) is 3.56. The van der Waals surface area contributed by atoms with Crippen molar-refractivity contribution in [1.82, 2.24) is 10.4 Å². The van der Waals surface area contributed by atoms with Crippen LogP contribution in [0.3, 0.4) is 0 Å². The summed E-state index contributed by atoms with van der Waals surface area (Å²) in [5.41, 5.74) is 4.75. The van der Waals surface area contributed by atoms with E-state index >= 15 is 0 Å². The molecule has 0 spiro atoms. The van der Waals surface area contributed by atoms with Gasteiger partial charge in [0.05, 0.1) is 13.2 Å². The topological polar surface area (TPSA) is 24.5 Å². The molecule has 3 heteroatoms. The molecule has 0 aromatic rings. The van der Waals surface area contributed by atoms with Crippen molar-refractivity contribution in [3.05, 3.63) is 11.8 Å². The van der Waals surface area contributed by atoms with Gasteiger partial charge in [-0.3, -0.25) is 0 Å². The van der Waals surface area contributed by atoms with Crippen LogP contribution in [0.4, 0.5) is 0 Å². The van der Waals surface area contributed by atoms with E-state index in [2.05, 4.69) is 30.5 Å². The Hall–Kier alpha value is -0.540. The minimum atomic E-state index is 0.644. The molecule has 0 bridgehead atoms. The fourth-order valence-corrected chi connectivity index (χ4v) is 1.17. The molecule has 1 heterocycles. The highest BCUT2D eigenvalue weighted by atomic mass is 16.5. The molecule has 0 unspecified atom stereocenters.